The van der Waals surface area contributed by atoms with Gasteiger partial charge < -0.3 is 0 Å². The Morgan fingerprint density at radius 2 is 1.69 bits per heavy atom. The lowest BCUT2D eigenvalue weighted by atomic mass is 9.80. The van der Waals surface area contributed by atoms with E-state index in [1.165, 1.54) is 44.9 Å². The van der Waals surface area contributed by atoms with E-state index in [2.05, 4.69) is 20.8 Å². The van der Waals surface area contributed by atoms with Crippen molar-refractivity contribution in [2.24, 2.45) is 17.8 Å². The molecule has 1 aliphatic carbocycles. The molecule has 0 aliphatic heterocycles. The fraction of sp³-hybridized carbons (Fsp3) is 1.00. The highest BCUT2D eigenvalue weighted by Crippen LogP contribution is 2.31. The molecule has 1 fully saturated rings. The van der Waals surface area contributed by atoms with Gasteiger partial charge in [-0.15, -0.1) is 0 Å². The Balaban J connectivity index is 2.35. The zero-order chi connectivity index (χ0) is 9.68. The van der Waals surface area contributed by atoms with Crippen molar-refractivity contribution >= 4 is 0 Å². The second kappa shape index (κ2) is 5.67. The smallest absolute Gasteiger partial charge is 0.0391 e. The summed E-state index contributed by atoms with van der Waals surface area (Å²) in [6.45, 7) is 7.15. The highest BCUT2D eigenvalue weighted by atomic mass is 14.2. The first-order valence-electron chi connectivity index (χ1n) is 6.24. The summed E-state index contributed by atoms with van der Waals surface area (Å²) in [5, 5.41) is 0. The minimum atomic E-state index is 0.913. The van der Waals surface area contributed by atoms with Gasteiger partial charge in [-0.25, -0.2) is 0 Å². The van der Waals surface area contributed by atoms with E-state index < -0.39 is 0 Å². The molecule has 0 aromatic rings. The molecule has 0 heteroatoms. The van der Waals surface area contributed by atoms with Crippen molar-refractivity contribution in [1.82, 2.24) is 0 Å². The van der Waals surface area contributed by atoms with Crippen molar-refractivity contribution in [1.29, 1.82) is 0 Å². The van der Waals surface area contributed by atoms with Crippen LogP contribution in [-0.2, 0) is 0 Å². The average molecular weight is 182 g/mol. The van der Waals surface area contributed by atoms with E-state index >= 15 is 0 Å². The molecule has 0 aromatic heterocycles. The SMILES string of the molecule is CCC1CCCCC(C(C)C)CC1. The van der Waals surface area contributed by atoms with Crippen molar-refractivity contribution in [2.45, 2.75) is 65.7 Å². The summed E-state index contributed by atoms with van der Waals surface area (Å²) < 4.78 is 0. The van der Waals surface area contributed by atoms with Crippen LogP contribution in [0.4, 0.5) is 0 Å². The van der Waals surface area contributed by atoms with Crippen LogP contribution in [0.1, 0.15) is 65.7 Å². The van der Waals surface area contributed by atoms with Crippen LogP contribution in [0.5, 0.6) is 0 Å². The highest BCUT2D eigenvalue weighted by Gasteiger charge is 2.18. The van der Waals surface area contributed by atoms with Crippen molar-refractivity contribution in [3.63, 3.8) is 0 Å². The van der Waals surface area contributed by atoms with Crippen molar-refractivity contribution < 1.29 is 0 Å². The Bertz CT molecular complexity index is 126. The molecule has 1 rings (SSSR count). The quantitative estimate of drug-likeness (QED) is 0.583. The molecule has 1 aliphatic rings. The van der Waals surface area contributed by atoms with Gasteiger partial charge in [0.05, 0.1) is 0 Å². The van der Waals surface area contributed by atoms with Crippen LogP contribution < -0.4 is 0 Å². The first-order valence-corrected chi connectivity index (χ1v) is 6.24. The maximum Gasteiger partial charge on any atom is -0.0391 e. The molecule has 0 amide bonds. The van der Waals surface area contributed by atoms with Gasteiger partial charge in [0.1, 0.15) is 0 Å². The molecule has 2 unspecified atom stereocenters. The second-order valence-corrected chi connectivity index (χ2v) is 5.14. The van der Waals surface area contributed by atoms with E-state index in [0.29, 0.717) is 0 Å². The van der Waals surface area contributed by atoms with Crippen LogP contribution in [0.15, 0.2) is 0 Å². The largest absolute Gasteiger partial charge is 0.0651 e. The summed E-state index contributed by atoms with van der Waals surface area (Å²) in [5.74, 6) is 2.98. The normalized spacial score (nSPS) is 31.4. The van der Waals surface area contributed by atoms with Crippen molar-refractivity contribution in [2.75, 3.05) is 0 Å². The monoisotopic (exact) mass is 182 g/mol. The van der Waals surface area contributed by atoms with Crippen LogP contribution in [0, 0.1) is 17.8 Å². The Kier molecular flexibility index (Phi) is 4.83. The second-order valence-electron chi connectivity index (χ2n) is 5.14. The van der Waals surface area contributed by atoms with E-state index in [1.54, 1.807) is 0 Å². The maximum atomic E-state index is 2.40. The Morgan fingerprint density at radius 1 is 1.00 bits per heavy atom. The molecule has 0 bridgehead atoms. The molecule has 1 saturated carbocycles. The number of hydrogen-bond donors (Lipinski definition) is 0. The fourth-order valence-corrected chi connectivity index (χ4v) is 2.65. The molecule has 0 radical (unpaired) electrons. The minimum absolute atomic E-state index is 0.913. The van der Waals surface area contributed by atoms with Gasteiger partial charge in [0.2, 0.25) is 0 Å². The van der Waals surface area contributed by atoms with Gasteiger partial charge in [-0.2, -0.15) is 0 Å². The minimum Gasteiger partial charge on any atom is -0.0651 e. The summed E-state index contributed by atoms with van der Waals surface area (Å²) in [6.07, 6.45) is 10.4. The average Bonchev–Trinajstić information content (AvgIpc) is 2.03. The molecular formula is C13H26. The highest BCUT2D eigenvalue weighted by molar-refractivity contribution is 4.70. The zero-order valence-corrected chi connectivity index (χ0v) is 9.68. The Labute approximate surface area is 84.1 Å². The Hall–Kier alpha value is 0. The maximum absolute atomic E-state index is 2.40. The molecule has 0 aromatic carbocycles. The van der Waals surface area contributed by atoms with Crippen LogP contribution in [0.2, 0.25) is 0 Å². The first kappa shape index (κ1) is 11.1. The predicted octanol–water partition coefficient (Wildman–Crippen LogP) is 4.64. The van der Waals surface area contributed by atoms with Gasteiger partial charge in [-0.3, -0.25) is 0 Å². The predicted molar refractivity (Wildman–Crippen MR) is 59.8 cm³/mol. The van der Waals surface area contributed by atoms with E-state index in [0.717, 1.165) is 17.8 Å². The molecule has 0 heterocycles. The van der Waals surface area contributed by atoms with Crippen LogP contribution in [0.3, 0.4) is 0 Å². The van der Waals surface area contributed by atoms with Gasteiger partial charge in [0.15, 0.2) is 0 Å². The molecule has 0 saturated heterocycles. The molecule has 0 nitrogen and oxygen atoms in total. The fourth-order valence-electron chi connectivity index (χ4n) is 2.65. The summed E-state index contributed by atoms with van der Waals surface area (Å²) in [6, 6.07) is 0. The Morgan fingerprint density at radius 3 is 2.31 bits per heavy atom. The first-order chi connectivity index (χ1) is 6.24. The third-order valence-electron chi connectivity index (χ3n) is 3.90. The third kappa shape index (κ3) is 3.70. The molecule has 13 heavy (non-hydrogen) atoms. The van der Waals surface area contributed by atoms with Gasteiger partial charge in [0.25, 0.3) is 0 Å². The standard InChI is InChI=1S/C13H26/c1-4-12-7-5-6-8-13(10-9-12)11(2)3/h11-13H,4-10H2,1-3H3. The summed E-state index contributed by atoms with van der Waals surface area (Å²) in [4.78, 5) is 0. The van der Waals surface area contributed by atoms with E-state index in [1.807, 2.05) is 0 Å². The lowest BCUT2D eigenvalue weighted by Crippen LogP contribution is -2.14. The molecular weight excluding hydrogens is 156 g/mol. The molecule has 0 spiro atoms. The zero-order valence-electron chi connectivity index (χ0n) is 9.68. The summed E-state index contributed by atoms with van der Waals surface area (Å²) in [5.41, 5.74) is 0. The van der Waals surface area contributed by atoms with Gasteiger partial charge in [-0.05, 0) is 24.2 Å². The summed E-state index contributed by atoms with van der Waals surface area (Å²) >= 11 is 0. The van der Waals surface area contributed by atoms with E-state index in [4.69, 9.17) is 0 Å². The third-order valence-corrected chi connectivity index (χ3v) is 3.90. The van der Waals surface area contributed by atoms with Crippen molar-refractivity contribution in [3.8, 4) is 0 Å². The lowest BCUT2D eigenvalue weighted by Gasteiger charge is -2.26. The van der Waals surface area contributed by atoms with Gasteiger partial charge >= 0.3 is 0 Å². The molecule has 2 atom stereocenters. The number of rotatable bonds is 2. The number of hydrogen-bond acceptors (Lipinski definition) is 0. The van der Waals surface area contributed by atoms with Gasteiger partial charge in [-0.1, -0.05) is 59.3 Å². The topological polar surface area (TPSA) is 0 Å². The van der Waals surface area contributed by atoms with Crippen molar-refractivity contribution in [3.05, 3.63) is 0 Å². The van der Waals surface area contributed by atoms with E-state index in [9.17, 15) is 0 Å². The van der Waals surface area contributed by atoms with Gasteiger partial charge in [0, 0.05) is 0 Å². The lowest BCUT2D eigenvalue weighted by molar-refractivity contribution is 0.257. The van der Waals surface area contributed by atoms with Crippen LogP contribution in [0.25, 0.3) is 0 Å². The molecule has 78 valence electrons. The summed E-state index contributed by atoms with van der Waals surface area (Å²) in [7, 11) is 0. The van der Waals surface area contributed by atoms with Crippen LogP contribution >= 0.6 is 0 Å². The van der Waals surface area contributed by atoms with E-state index in [-0.39, 0.29) is 0 Å². The molecule has 0 N–H and O–H groups in total. The van der Waals surface area contributed by atoms with Crippen LogP contribution in [-0.4, -0.2) is 0 Å².